The fourth-order valence-electron chi connectivity index (χ4n) is 3.27. The van der Waals surface area contributed by atoms with Crippen LogP contribution in [0.1, 0.15) is 22.8 Å². The summed E-state index contributed by atoms with van der Waals surface area (Å²) in [6, 6.07) is 13.9. The molecule has 0 saturated heterocycles. The lowest BCUT2D eigenvalue weighted by molar-refractivity contribution is -0.129. The molecule has 0 fully saturated rings. The first-order valence-corrected chi connectivity index (χ1v) is 11.7. The molecule has 1 unspecified atom stereocenters. The van der Waals surface area contributed by atoms with Crippen molar-refractivity contribution < 1.29 is 18.0 Å². The Balaban J connectivity index is 1.46. The van der Waals surface area contributed by atoms with E-state index < -0.39 is 27.8 Å². The molecule has 0 radical (unpaired) electrons. The minimum Gasteiger partial charge on any atom is -0.272 e. The van der Waals surface area contributed by atoms with Gasteiger partial charge in [0.2, 0.25) is 5.95 Å². The summed E-state index contributed by atoms with van der Waals surface area (Å²) in [5.41, 5.74) is 1.52. The third-order valence-electron chi connectivity index (χ3n) is 5.02. The summed E-state index contributed by atoms with van der Waals surface area (Å²) in [5.74, 6) is -1.63. The van der Waals surface area contributed by atoms with Gasteiger partial charge in [-0.3, -0.25) is 9.59 Å². The molecular weight excluding hydrogens is 466 g/mol. The van der Waals surface area contributed by atoms with Gasteiger partial charge < -0.3 is 0 Å². The number of anilines is 1. The maximum absolute atomic E-state index is 12.9. The molecule has 11 heteroatoms. The monoisotopic (exact) mass is 483 g/mol. The molecule has 0 spiro atoms. The number of rotatable bonds is 6. The topological polar surface area (TPSA) is 122 Å². The van der Waals surface area contributed by atoms with E-state index in [0.717, 1.165) is 10.6 Å². The third-order valence-corrected chi connectivity index (χ3v) is 6.61. The average Bonchev–Trinajstić information content (AvgIpc) is 3.08. The van der Waals surface area contributed by atoms with Crippen molar-refractivity contribution in [2.45, 2.75) is 18.2 Å². The van der Waals surface area contributed by atoms with Crippen LogP contribution in [-0.4, -0.2) is 40.9 Å². The van der Waals surface area contributed by atoms with Gasteiger partial charge >= 0.3 is 0 Å². The summed E-state index contributed by atoms with van der Waals surface area (Å²) in [6.07, 6.45) is 3.13. The van der Waals surface area contributed by atoms with Crippen LogP contribution in [0, 0.1) is 5.92 Å². The maximum atomic E-state index is 12.9. The van der Waals surface area contributed by atoms with Gasteiger partial charge in [0.1, 0.15) is 0 Å². The first-order valence-electron chi connectivity index (χ1n) is 9.82. The van der Waals surface area contributed by atoms with E-state index in [1.54, 1.807) is 37.3 Å². The molecule has 1 atom stereocenters. The van der Waals surface area contributed by atoms with E-state index in [1.165, 1.54) is 36.7 Å². The van der Waals surface area contributed by atoms with Crippen LogP contribution in [-0.2, 0) is 21.2 Å². The van der Waals surface area contributed by atoms with Crippen LogP contribution in [0.3, 0.4) is 0 Å². The molecule has 2 heterocycles. The van der Waals surface area contributed by atoms with Crippen LogP contribution >= 0.6 is 11.6 Å². The third kappa shape index (κ3) is 4.91. The maximum Gasteiger partial charge on any atom is 0.281 e. The van der Waals surface area contributed by atoms with Gasteiger partial charge in [-0.1, -0.05) is 23.7 Å². The quantitative estimate of drug-likeness (QED) is 0.537. The lowest BCUT2D eigenvalue weighted by Crippen LogP contribution is -2.33. The number of nitrogens with zero attached hydrogens (tertiary/aromatic N) is 4. The van der Waals surface area contributed by atoms with Crippen molar-refractivity contribution in [2.24, 2.45) is 11.0 Å². The molecule has 168 valence electrons. The number of hydrogen-bond donors (Lipinski definition) is 1. The second-order valence-electron chi connectivity index (χ2n) is 7.28. The van der Waals surface area contributed by atoms with Crippen molar-refractivity contribution in [1.82, 2.24) is 15.0 Å². The molecule has 1 aliphatic heterocycles. The number of imide groups is 1. The highest BCUT2D eigenvalue weighted by Crippen LogP contribution is 2.24. The van der Waals surface area contributed by atoms with Crippen LogP contribution in [0.25, 0.3) is 0 Å². The van der Waals surface area contributed by atoms with E-state index in [9.17, 15) is 18.0 Å². The normalized spacial score (nSPS) is 15.9. The Labute approximate surface area is 195 Å². The molecule has 0 aliphatic carbocycles. The van der Waals surface area contributed by atoms with Crippen LogP contribution < -0.4 is 4.72 Å². The zero-order chi connectivity index (χ0) is 23.6. The lowest BCUT2D eigenvalue weighted by Gasteiger charge is -2.13. The molecule has 2 aromatic carbocycles. The number of sulfonamides is 1. The minimum atomic E-state index is -3.86. The van der Waals surface area contributed by atoms with E-state index in [0.29, 0.717) is 16.3 Å². The number of hydrogen-bond acceptors (Lipinski definition) is 7. The Hall–Kier alpha value is -3.63. The SMILES string of the molecule is CC1=NN(C(=O)c2ccc(Cl)cc2)C(=O)C1Cc1ccc(S(=O)(=O)Nc2ncccn2)cc1. The Kier molecular flexibility index (Phi) is 6.21. The standard InChI is InChI=1S/C22H18ClN5O4S/c1-14-19(21(30)28(26-14)20(29)16-5-7-17(23)8-6-16)13-15-3-9-18(10-4-15)33(31,32)27-22-24-11-2-12-25-22/h2-12,19H,13H2,1H3,(H,24,25,27). The number of carbonyl (C=O) groups is 2. The smallest absolute Gasteiger partial charge is 0.272 e. The van der Waals surface area contributed by atoms with Gasteiger partial charge in [-0.15, -0.1) is 0 Å². The molecule has 1 aromatic heterocycles. The molecule has 4 rings (SSSR count). The highest BCUT2D eigenvalue weighted by Gasteiger charge is 2.37. The molecule has 0 saturated carbocycles. The van der Waals surface area contributed by atoms with E-state index in [1.807, 2.05) is 0 Å². The molecular formula is C22H18ClN5O4S. The summed E-state index contributed by atoms with van der Waals surface area (Å²) in [5, 5.41) is 5.49. The fourth-order valence-corrected chi connectivity index (χ4v) is 4.35. The second-order valence-corrected chi connectivity index (χ2v) is 9.40. The molecule has 9 nitrogen and oxygen atoms in total. The summed E-state index contributed by atoms with van der Waals surface area (Å²) >= 11 is 5.85. The number of halogens is 1. The van der Waals surface area contributed by atoms with Gasteiger partial charge in [-0.25, -0.2) is 23.1 Å². The Bertz CT molecular complexity index is 1330. The largest absolute Gasteiger partial charge is 0.281 e. The summed E-state index contributed by atoms with van der Waals surface area (Å²) in [4.78, 5) is 33.3. The Morgan fingerprint density at radius 1 is 1.06 bits per heavy atom. The number of amides is 2. The zero-order valence-corrected chi connectivity index (χ0v) is 18.9. The highest BCUT2D eigenvalue weighted by atomic mass is 35.5. The van der Waals surface area contributed by atoms with Crippen LogP contribution in [0.15, 0.2) is 77.0 Å². The van der Waals surface area contributed by atoms with Crippen LogP contribution in [0.4, 0.5) is 5.95 Å². The Morgan fingerprint density at radius 3 is 2.33 bits per heavy atom. The molecule has 2 amide bonds. The zero-order valence-electron chi connectivity index (χ0n) is 17.3. The molecule has 33 heavy (non-hydrogen) atoms. The first-order chi connectivity index (χ1) is 15.7. The van der Waals surface area contributed by atoms with E-state index in [2.05, 4.69) is 19.8 Å². The highest BCUT2D eigenvalue weighted by molar-refractivity contribution is 7.92. The molecule has 3 aromatic rings. The van der Waals surface area contributed by atoms with E-state index in [4.69, 9.17) is 11.6 Å². The van der Waals surface area contributed by atoms with Gasteiger partial charge in [0.15, 0.2) is 0 Å². The summed E-state index contributed by atoms with van der Waals surface area (Å²) < 4.78 is 27.3. The van der Waals surface area contributed by atoms with Crippen molar-refractivity contribution in [2.75, 3.05) is 4.72 Å². The Morgan fingerprint density at radius 2 is 1.70 bits per heavy atom. The van der Waals surface area contributed by atoms with Crippen molar-refractivity contribution >= 4 is 45.1 Å². The first kappa shape index (κ1) is 22.6. The predicted octanol–water partition coefficient (Wildman–Crippen LogP) is 3.15. The van der Waals surface area contributed by atoms with Crippen LogP contribution in [0.5, 0.6) is 0 Å². The number of aromatic nitrogens is 2. The van der Waals surface area contributed by atoms with Crippen molar-refractivity contribution in [3.63, 3.8) is 0 Å². The number of carbonyl (C=O) groups excluding carboxylic acids is 2. The lowest BCUT2D eigenvalue weighted by atomic mass is 9.95. The fraction of sp³-hybridized carbons (Fsp3) is 0.136. The number of benzene rings is 2. The average molecular weight is 484 g/mol. The number of nitrogens with one attached hydrogen (secondary N) is 1. The number of hydrazone groups is 1. The second kappa shape index (κ2) is 9.08. The predicted molar refractivity (Wildman–Crippen MR) is 122 cm³/mol. The van der Waals surface area contributed by atoms with Gasteiger partial charge in [0.05, 0.1) is 10.8 Å². The van der Waals surface area contributed by atoms with Gasteiger partial charge in [0, 0.05) is 28.7 Å². The molecule has 0 bridgehead atoms. The van der Waals surface area contributed by atoms with Crippen molar-refractivity contribution in [1.29, 1.82) is 0 Å². The van der Waals surface area contributed by atoms with Crippen LogP contribution in [0.2, 0.25) is 5.02 Å². The van der Waals surface area contributed by atoms with E-state index in [-0.39, 0.29) is 17.3 Å². The van der Waals surface area contributed by atoms with Gasteiger partial charge in [-0.05, 0) is 61.4 Å². The molecule has 1 aliphatic rings. The summed E-state index contributed by atoms with van der Waals surface area (Å²) in [7, 11) is -3.86. The molecule has 1 N–H and O–H groups in total. The van der Waals surface area contributed by atoms with Crippen molar-refractivity contribution in [3.8, 4) is 0 Å². The van der Waals surface area contributed by atoms with Crippen molar-refractivity contribution in [3.05, 3.63) is 83.1 Å². The minimum absolute atomic E-state index is 0.0291. The van der Waals surface area contributed by atoms with Gasteiger partial charge in [-0.2, -0.15) is 10.1 Å². The summed E-state index contributed by atoms with van der Waals surface area (Å²) in [6.45, 7) is 1.68. The van der Waals surface area contributed by atoms with Gasteiger partial charge in [0.25, 0.3) is 21.8 Å². The van der Waals surface area contributed by atoms with E-state index >= 15 is 0 Å².